The molecule has 0 aliphatic rings. The molecule has 1 heterocycles. The fraction of sp³-hybridized carbons (Fsp3) is 0.182. The molecule has 0 bridgehead atoms. The number of hydrogen-bond donors (Lipinski definition) is 1. The smallest absolute Gasteiger partial charge is 0.274 e. The number of aromatic amines is 1. The number of rotatable bonds is 1. The summed E-state index contributed by atoms with van der Waals surface area (Å²) in [7, 11) is 1.52. The predicted molar refractivity (Wildman–Crippen MR) is 56.1 cm³/mol. The average molecular weight is 224 g/mol. The SMILES string of the molecule is Cc1[nH]n(C)c(=O)c1-c1cccc(F)c1F. The van der Waals surface area contributed by atoms with Crippen LogP contribution >= 0.6 is 0 Å². The summed E-state index contributed by atoms with van der Waals surface area (Å²) in [6.07, 6.45) is 0. The second-order valence-corrected chi connectivity index (χ2v) is 3.58. The highest BCUT2D eigenvalue weighted by Gasteiger charge is 2.17. The van der Waals surface area contributed by atoms with E-state index in [1.807, 2.05) is 0 Å². The molecule has 3 nitrogen and oxygen atoms in total. The second-order valence-electron chi connectivity index (χ2n) is 3.58. The van der Waals surface area contributed by atoms with Crippen molar-refractivity contribution in [1.82, 2.24) is 9.78 Å². The van der Waals surface area contributed by atoms with Gasteiger partial charge in [-0.05, 0) is 13.0 Å². The topological polar surface area (TPSA) is 37.8 Å². The molecule has 1 aromatic carbocycles. The van der Waals surface area contributed by atoms with Gasteiger partial charge in [0.2, 0.25) is 0 Å². The van der Waals surface area contributed by atoms with Crippen LogP contribution < -0.4 is 5.56 Å². The molecule has 0 atom stereocenters. The molecule has 0 unspecified atom stereocenters. The fourth-order valence-corrected chi connectivity index (χ4v) is 1.70. The van der Waals surface area contributed by atoms with Gasteiger partial charge in [0.15, 0.2) is 11.6 Å². The van der Waals surface area contributed by atoms with Crippen molar-refractivity contribution >= 4 is 0 Å². The van der Waals surface area contributed by atoms with Gasteiger partial charge in [-0.1, -0.05) is 12.1 Å². The zero-order valence-corrected chi connectivity index (χ0v) is 8.84. The zero-order chi connectivity index (χ0) is 11.9. The highest BCUT2D eigenvalue weighted by molar-refractivity contribution is 5.65. The standard InChI is InChI=1S/C11H10F2N2O/c1-6-9(11(16)15(2)14-6)7-4-3-5-8(12)10(7)13/h3-5,14H,1-2H3. The van der Waals surface area contributed by atoms with Crippen LogP contribution in [0.5, 0.6) is 0 Å². The Labute approximate surface area is 90.3 Å². The quantitative estimate of drug-likeness (QED) is 0.790. The van der Waals surface area contributed by atoms with Gasteiger partial charge in [-0.15, -0.1) is 0 Å². The van der Waals surface area contributed by atoms with Gasteiger partial charge in [0.1, 0.15) is 0 Å². The summed E-state index contributed by atoms with van der Waals surface area (Å²) in [4.78, 5) is 11.7. The molecule has 1 aromatic heterocycles. The largest absolute Gasteiger partial charge is 0.300 e. The molecule has 0 fully saturated rings. The number of aryl methyl sites for hydroxylation is 2. The van der Waals surface area contributed by atoms with Crippen LogP contribution in [0.3, 0.4) is 0 Å². The minimum absolute atomic E-state index is 0.0145. The summed E-state index contributed by atoms with van der Waals surface area (Å²) in [5.74, 6) is -1.96. The maximum Gasteiger partial charge on any atom is 0.274 e. The summed E-state index contributed by atoms with van der Waals surface area (Å²) in [6, 6.07) is 3.78. The highest BCUT2D eigenvalue weighted by Crippen LogP contribution is 2.23. The third kappa shape index (κ3) is 1.44. The number of aromatic nitrogens is 2. The van der Waals surface area contributed by atoms with Crippen LogP contribution in [0.25, 0.3) is 11.1 Å². The van der Waals surface area contributed by atoms with Gasteiger partial charge < -0.3 is 0 Å². The molecular formula is C11H10F2N2O. The number of nitrogens with zero attached hydrogens (tertiary/aromatic N) is 1. The number of benzene rings is 1. The highest BCUT2D eigenvalue weighted by atomic mass is 19.2. The molecular weight excluding hydrogens is 214 g/mol. The first-order chi connectivity index (χ1) is 7.52. The Bertz CT molecular complexity index is 599. The minimum atomic E-state index is -0.998. The molecule has 84 valence electrons. The predicted octanol–water partition coefficient (Wildman–Crippen LogP) is 1.97. The van der Waals surface area contributed by atoms with Gasteiger partial charge in [-0.2, -0.15) is 0 Å². The van der Waals surface area contributed by atoms with Gasteiger partial charge in [0.05, 0.1) is 5.56 Å². The van der Waals surface area contributed by atoms with E-state index in [0.717, 1.165) is 6.07 Å². The molecule has 0 amide bonds. The number of hydrogen-bond acceptors (Lipinski definition) is 1. The summed E-state index contributed by atoms with van der Waals surface area (Å²) in [5.41, 5.74) is 0.290. The van der Waals surface area contributed by atoms with Crippen LogP contribution in [0.4, 0.5) is 8.78 Å². The van der Waals surface area contributed by atoms with Crippen molar-refractivity contribution < 1.29 is 8.78 Å². The number of H-pyrrole nitrogens is 1. The fourth-order valence-electron chi connectivity index (χ4n) is 1.70. The van der Waals surface area contributed by atoms with Crippen molar-refractivity contribution in [2.75, 3.05) is 0 Å². The normalized spacial score (nSPS) is 10.8. The van der Waals surface area contributed by atoms with Gasteiger partial charge in [-0.3, -0.25) is 14.6 Å². The van der Waals surface area contributed by atoms with E-state index in [2.05, 4.69) is 5.10 Å². The summed E-state index contributed by atoms with van der Waals surface area (Å²) >= 11 is 0. The van der Waals surface area contributed by atoms with E-state index in [-0.39, 0.29) is 16.7 Å². The van der Waals surface area contributed by atoms with Crippen molar-refractivity contribution in [3.63, 3.8) is 0 Å². The van der Waals surface area contributed by atoms with Crippen LogP contribution in [0.15, 0.2) is 23.0 Å². The lowest BCUT2D eigenvalue weighted by molar-refractivity contribution is 0.511. The van der Waals surface area contributed by atoms with E-state index < -0.39 is 11.6 Å². The van der Waals surface area contributed by atoms with Crippen molar-refractivity contribution in [3.05, 3.63) is 45.9 Å². The van der Waals surface area contributed by atoms with Crippen molar-refractivity contribution in [3.8, 4) is 11.1 Å². The second kappa shape index (κ2) is 3.59. The summed E-state index contributed by atoms with van der Waals surface area (Å²) < 4.78 is 27.8. The lowest BCUT2D eigenvalue weighted by Gasteiger charge is -2.00. The molecule has 0 aliphatic heterocycles. The first-order valence-corrected chi connectivity index (χ1v) is 4.72. The molecule has 16 heavy (non-hydrogen) atoms. The molecule has 0 spiro atoms. The number of halogens is 2. The van der Waals surface area contributed by atoms with E-state index >= 15 is 0 Å². The molecule has 0 saturated heterocycles. The van der Waals surface area contributed by atoms with E-state index in [0.29, 0.717) is 5.69 Å². The van der Waals surface area contributed by atoms with Crippen molar-refractivity contribution in [2.24, 2.45) is 7.05 Å². The third-order valence-electron chi connectivity index (χ3n) is 2.45. The van der Waals surface area contributed by atoms with E-state index in [1.54, 1.807) is 6.92 Å². The monoisotopic (exact) mass is 224 g/mol. The van der Waals surface area contributed by atoms with Crippen molar-refractivity contribution in [2.45, 2.75) is 6.92 Å². The molecule has 0 aliphatic carbocycles. The Morgan fingerprint density at radius 3 is 2.56 bits per heavy atom. The first kappa shape index (κ1) is 10.6. The molecule has 0 saturated carbocycles. The van der Waals surface area contributed by atoms with Crippen LogP contribution in [-0.2, 0) is 7.05 Å². The summed E-state index contributed by atoms with van der Waals surface area (Å²) in [6.45, 7) is 1.64. The Balaban J connectivity index is 2.78. The zero-order valence-electron chi connectivity index (χ0n) is 8.84. The van der Waals surface area contributed by atoms with E-state index in [4.69, 9.17) is 0 Å². The van der Waals surface area contributed by atoms with E-state index in [9.17, 15) is 13.6 Å². The van der Waals surface area contributed by atoms with Crippen molar-refractivity contribution in [1.29, 1.82) is 0 Å². The third-order valence-corrected chi connectivity index (χ3v) is 2.45. The lowest BCUT2D eigenvalue weighted by atomic mass is 10.1. The maximum absolute atomic E-state index is 13.5. The Morgan fingerprint density at radius 2 is 2.00 bits per heavy atom. The summed E-state index contributed by atoms with van der Waals surface area (Å²) in [5, 5.41) is 2.74. The van der Waals surface area contributed by atoms with Crippen LogP contribution in [-0.4, -0.2) is 9.78 Å². The van der Waals surface area contributed by atoms with Gasteiger partial charge >= 0.3 is 0 Å². The molecule has 0 radical (unpaired) electrons. The van der Waals surface area contributed by atoms with Gasteiger partial charge in [0, 0.05) is 18.3 Å². The first-order valence-electron chi connectivity index (χ1n) is 4.72. The van der Waals surface area contributed by atoms with Crippen LogP contribution in [0, 0.1) is 18.6 Å². The van der Waals surface area contributed by atoms with Crippen LogP contribution in [0.1, 0.15) is 5.69 Å². The Morgan fingerprint density at radius 1 is 1.31 bits per heavy atom. The molecule has 2 rings (SSSR count). The van der Waals surface area contributed by atoms with Crippen LogP contribution in [0.2, 0.25) is 0 Å². The lowest BCUT2D eigenvalue weighted by Crippen LogP contribution is -2.13. The van der Waals surface area contributed by atoms with E-state index in [1.165, 1.54) is 23.9 Å². The maximum atomic E-state index is 13.5. The molecule has 1 N–H and O–H groups in total. The van der Waals surface area contributed by atoms with Gasteiger partial charge in [-0.25, -0.2) is 8.78 Å². The Hall–Kier alpha value is -1.91. The number of nitrogens with one attached hydrogen (secondary N) is 1. The van der Waals surface area contributed by atoms with Gasteiger partial charge in [0.25, 0.3) is 5.56 Å². The Kier molecular flexibility index (Phi) is 2.38. The minimum Gasteiger partial charge on any atom is -0.300 e. The molecule has 5 heteroatoms. The average Bonchev–Trinajstić information content (AvgIpc) is 2.47. The molecule has 2 aromatic rings.